The number of hydrogen-bond acceptors (Lipinski definition) is 3. The maximum Gasteiger partial charge on any atom is 0.341 e. The van der Waals surface area contributed by atoms with Crippen molar-refractivity contribution in [2.75, 3.05) is 7.11 Å². The summed E-state index contributed by atoms with van der Waals surface area (Å²) in [4.78, 5) is 11.2. The van der Waals surface area contributed by atoms with Gasteiger partial charge in [0.1, 0.15) is 5.57 Å². The lowest BCUT2D eigenvalue weighted by molar-refractivity contribution is -0.133. The Morgan fingerprint density at radius 3 is 2.57 bits per heavy atom. The zero-order valence-corrected chi connectivity index (χ0v) is 8.15. The van der Waals surface area contributed by atoms with Crippen LogP contribution in [0.25, 0.3) is 5.57 Å². The van der Waals surface area contributed by atoms with Gasteiger partial charge in [-0.15, -0.1) is 0 Å². The highest BCUT2D eigenvalue weighted by atomic mass is 16.5. The van der Waals surface area contributed by atoms with Crippen molar-refractivity contribution < 1.29 is 14.6 Å². The van der Waals surface area contributed by atoms with Crippen LogP contribution < -0.4 is 0 Å². The fraction of sp³-hybridized carbons (Fsp3) is 0.182. The van der Waals surface area contributed by atoms with Gasteiger partial charge in [-0.3, -0.25) is 0 Å². The number of carbonyl (C=O) groups is 1. The van der Waals surface area contributed by atoms with Crippen molar-refractivity contribution in [1.82, 2.24) is 0 Å². The van der Waals surface area contributed by atoms with Gasteiger partial charge in [-0.1, -0.05) is 24.3 Å². The summed E-state index contributed by atoms with van der Waals surface area (Å²) < 4.78 is 4.55. The normalized spacial score (nSPS) is 11.1. The van der Waals surface area contributed by atoms with Gasteiger partial charge in [-0.25, -0.2) is 4.79 Å². The van der Waals surface area contributed by atoms with Crippen molar-refractivity contribution in [3.63, 3.8) is 0 Å². The minimum Gasteiger partial charge on any atom is -0.515 e. The van der Waals surface area contributed by atoms with Gasteiger partial charge >= 0.3 is 5.97 Å². The molecule has 0 aliphatic rings. The molecular formula is C11H12O3. The molecule has 0 fully saturated rings. The topological polar surface area (TPSA) is 46.5 Å². The monoisotopic (exact) mass is 192 g/mol. The molecule has 0 heterocycles. The summed E-state index contributed by atoms with van der Waals surface area (Å²) in [6, 6.07) is 7.29. The van der Waals surface area contributed by atoms with E-state index in [1.54, 1.807) is 12.1 Å². The fourth-order valence-electron chi connectivity index (χ4n) is 1.22. The van der Waals surface area contributed by atoms with Crippen molar-refractivity contribution in [2.45, 2.75) is 6.92 Å². The predicted octanol–water partition coefficient (Wildman–Crippen LogP) is 2.07. The molecule has 1 aromatic rings. The van der Waals surface area contributed by atoms with Crippen molar-refractivity contribution in [3.05, 3.63) is 41.7 Å². The third-order valence-corrected chi connectivity index (χ3v) is 1.97. The van der Waals surface area contributed by atoms with Gasteiger partial charge in [0.05, 0.1) is 13.4 Å². The number of methoxy groups -OCH3 is 1. The van der Waals surface area contributed by atoms with Crippen LogP contribution in [0.2, 0.25) is 0 Å². The maximum absolute atomic E-state index is 11.2. The van der Waals surface area contributed by atoms with Crippen LogP contribution in [0.5, 0.6) is 0 Å². The molecule has 74 valence electrons. The Hall–Kier alpha value is -1.77. The molecule has 0 aromatic heterocycles. The summed E-state index contributed by atoms with van der Waals surface area (Å²) in [6.07, 6.45) is 0.772. The molecule has 0 atom stereocenters. The third-order valence-electron chi connectivity index (χ3n) is 1.97. The summed E-state index contributed by atoms with van der Waals surface area (Å²) in [5, 5.41) is 8.94. The van der Waals surface area contributed by atoms with E-state index in [0.29, 0.717) is 5.56 Å². The number of esters is 1. The average Bonchev–Trinajstić information content (AvgIpc) is 2.21. The molecule has 1 rings (SSSR count). The van der Waals surface area contributed by atoms with Crippen LogP contribution in [0.3, 0.4) is 0 Å². The Labute approximate surface area is 82.6 Å². The van der Waals surface area contributed by atoms with Crippen LogP contribution in [-0.4, -0.2) is 18.2 Å². The summed E-state index contributed by atoms with van der Waals surface area (Å²) in [6.45, 7) is 1.86. The first-order valence-corrected chi connectivity index (χ1v) is 4.19. The summed E-state index contributed by atoms with van der Waals surface area (Å²) in [7, 11) is 1.28. The molecule has 0 aliphatic carbocycles. The average molecular weight is 192 g/mol. The van der Waals surface area contributed by atoms with Crippen molar-refractivity contribution in [3.8, 4) is 0 Å². The van der Waals surface area contributed by atoms with E-state index in [1.165, 1.54) is 7.11 Å². The van der Waals surface area contributed by atoms with Crippen LogP contribution in [0.1, 0.15) is 11.1 Å². The molecule has 0 spiro atoms. The Morgan fingerprint density at radius 2 is 2.07 bits per heavy atom. The Bertz CT molecular complexity index is 367. The number of benzene rings is 1. The summed E-state index contributed by atoms with van der Waals surface area (Å²) >= 11 is 0. The number of aliphatic hydroxyl groups is 1. The molecule has 0 amide bonds. The lowest BCUT2D eigenvalue weighted by Gasteiger charge is -2.06. The van der Waals surface area contributed by atoms with Gasteiger partial charge in [0.25, 0.3) is 0 Å². The van der Waals surface area contributed by atoms with Gasteiger partial charge < -0.3 is 9.84 Å². The van der Waals surface area contributed by atoms with E-state index in [1.807, 2.05) is 19.1 Å². The van der Waals surface area contributed by atoms with E-state index in [2.05, 4.69) is 4.74 Å². The van der Waals surface area contributed by atoms with Gasteiger partial charge in [0, 0.05) is 0 Å². The number of ether oxygens (including phenoxy) is 1. The lowest BCUT2D eigenvalue weighted by atomic mass is 10.0. The Morgan fingerprint density at radius 1 is 1.43 bits per heavy atom. The van der Waals surface area contributed by atoms with E-state index < -0.39 is 5.97 Å². The largest absolute Gasteiger partial charge is 0.515 e. The number of hydrogen-bond donors (Lipinski definition) is 1. The molecule has 3 heteroatoms. The first-order chi connectivity index (χ1) is 6.70. The minimum atomic E-state index is -0.540. The van der Waals surface area contributed by atoms with E-state index in [4.69, 9.17) is 5.11 Å². The van der Waals surface area contributed by atoms with Gasteiger partial charge in [-0.2, -0.15) is 0 Å². The smallest absolute Gasteiger partial charge is 0.341 e. The molecule has 0 radical (unpaired) electrons. The molecule has 1 N–H and O–H groups in total. The Kier molecular flexibility index (Phi) is 3.29. The highest BCUT2D eigenvalue weighted by Crippen LogP contribution is 2.18. The zero-order valence-electron chi connectivity index (χ0n) is 8.15. The first kappa shape index (κ1) is 10.3. The molecule has 0 saturated carbocycles. The molecule has 0 aliphatic heterocycles. The Balaban J connectivity index is 3.15. The van der Waals surface area contributed by atoms with Gasteiger partial charge in [0.15, 0.2) is 0 Å². The highest BCUT2D eigenvalue weighted by molar-refractivity contribution is 6.16. The first-order valence-electron chi connectivity index (χ1n) is 4.19. The number of rotatable bonds is 2. The molecule has 0 unspecified atom stereocenters. The van der Waals surface area contributed by atoms with Crippen LogP contribution in [0, 0.1) is 6.92 Å². The third kappa shape index (κ3) is 1.93. The van der Waals surface area contributed by atoms with Crippen molar-refractivity contribution in [1.29, 1.82) is 0 Å². The van der Waals surface area contributed by atoms with Crippen LogP contribution in [-0.2, 0) is 9.53 Å². The van der Waals surface area contributed by atoms with E-state index in [9.17, 15) is 4.79 Å². The molecule has 3 nitrogen and oxygen atoms in total. The number of aliphatic hydroxyl groups excluding tert-OH is 1. The highest BCUT2D eigenvalue weighted by Gasteiger charge is 2.13. The maximum atomic E-state index is 11.2. The molecular weight excluding hydrogens is 180 g/mol. The SMILES string of the molecule is COC(=O)/C(=C/O)c1ccccc1C. The van der Waals surface area contributed by atoms with Crippen molar-refractivity contribution in [2.24, 2.45) is 0 Å². The van der Waals surface area contributed by atoms with Crippen LogP contribution in [0.15, 0.2) is 30.5 Å². The standard InChI is InChI=1S/C11H12O3/c1-8-5-3-4-6-9(8)10(7-12)11(13)14-2/h3-7,12H,1-2H3/b10-7+. The lowest BCUT2D eigenvalue weighted by Crippen LogP contribution is -2.05. The van der Waals surface area contributed by atoms with Crippen molar-refractivity contribution >= 4 is 11.5 Å². The number of carbonyl (C=O) groups excluding carboxylic acids is 1. The predicted molar refractivity (Wildman–Crippen MR) is 53.8 cm³/mol. The molecule has 0 saturated heterocycles. The molecule has 0 bridgehead atoms. The zero-order chi connectivity index (χ0) is 10.6. The van der Waals surface area contributed by atoms with E-state index in [-0.39, 0.29) is 5.57 Å². The number of aryl methyl sites for hydroxylation is 1. The second-order valence-electron chi connectivity index (χ2n) is 2.85. The minimum absolute atomic E-state index is 0.172. The molecule has 1 aromatic carbocycles. The second-order valence-corrected chi connectivity index (χ2v) is 2.85. The molecule has 14 heavy (non-hydrogen) atoms. The fourth-order valence-corrected chi connectivity index (χ4v) is 1.22. The second kappa shape index (κ2) is 4.46. The van der Waals surface area contributed by atoms with Crippen LogP contribution in [0.4, 0.5) is 0 Å². The van der Waals surface area contributed by atoms with Gasteiger partial charge in [0.2, 0.25) is 0 Å². The quantitative estimate of drug-likeness (QED) is 0.443. The van der Waals surface area contributed by atoms with Gasteiger partial charge in [-0.05, 0) is 18.1 Å². The summed E-state index contributed by atoms with van der Waals surface area (Å²) in [5.74, 6) is -0.540. The van der Waals surface area contributed by atoms with E-state index in [0.717, 1.165) is 11.8 Å². The summed E-state index contributed by atoms with van der Waals surface area (Å²) in [5.41, 5.74) is 1.77. The van der Waals surface area contributed by atoms with Crippen LogP contribution >= 0.6 is 0 Å². The van der Waals surface area contributed by atoms with E-state index >= 15 is 0 Å².